The molecule has 0 radical (unpaired) electrons. The number of hydrogen-bond donors (Lipinski definition) is 0. The van der Waals surface area contributed by atoms with E-state index in [0.29, 0.717) is 0 Å². The lowest BCUT2D eigenvalue weighted by Gasteiger charge is -2.23. The number of aryl methyl sites for hydroxylation is 4. The normalized spacial score (nSPS) is 13.6. The number of likely N-dealkylation sites (N-methyl/N-ethyl adjacent to an activating group) is 1. The summed E-state index contributed by atoms with van der Waals surface area (Å²) in [5.74, 6) is 0. The fraction of sp³-hybridized carbons (Fsp3) is 0.321. The van der Waals surface area contributed by atoms with Crippen LogP contribution in [0.2, 0.25) is 0 Å². The number of fused-ring (bicyclic) bond motifs is 3. The Morgan fingerprint density at radius 2 is 1.68 bits per heavy atom. The highest BCUT2D eigenvalue weighted by Gasteiger charge is 2.22. The molecule has 3 heterocycles. The summed E-state index contributed by atoms with van der Waals surface area (Å²) >= 11 is 0. The van der Waals surface area contributed by atoms with Gasteiger partial charge in [-0.2, -0.15) is 0 Å². The van der Waals surface area contributed by atoms with E-state index in [1.807, 2.05) is 24.5 Å². The van der Waals surface area contributed by atoms with Crippen molar-refractivity contribution in [1.82, 2.24) is 14.5 Å². The largest absolute Gasteiger partial charge is 0.347 e. The van der Waals surface area contributed by atoms with Gasteiger partial charge in [0.05, 0.1) is 5.52 Å². The molecule has 2 aromatic heterocycles. The lowest BCUT2D eigenvalue weighted by atomic mass is 10.0. The molecule has 0 saturated heterocycles. The molecule has 2 aromatic carbocycles. The average Bonchev–Trinajstić information content (AvgIpc) is 3.05. The number of hydrogen-bond acceptors (Lipinski definition) is 2. The first-order valence-corrected chi connectivity index (χ1v) is 11.2. The molecule has 1 aliphatic heterocycles. The van der Waals surface area contributed by atoms with Crippen molar-refractivity contribution >= 4 is 10.9 Å². The summed E-state index contributed by atoms with van der Waals surface area (Å²) in [6.45, 7) is 8.85. The van der Waals surface area contributed by atoms with E-state index in [2.05, 4.69) is 85.7 Å². The van der Waals surface area contributed by atoms with Gasteiger partial charge in [-0.05, 0) is 67.8 Å². The number of benzene rings is 2. The summed E-state index contributed by atoms with van der Waals surface area (Å²) in [6.07, 6.45) is 5.93. The van der Waals surface area contributed by atoms with Gasteiger partial charge in [-0.1, -0.05) is 48.4 Å². The molecule has 160 valence electrons. The van der Waals surface area contributed by atoms with Crippen LogP contribution in [0.15, 0.2) is 60.9 Å². The van der Waals surface area contributed by atoms with Gasteiger partial charge in [0.2, 0.25) is 0 Å². The van der Waals surface area contributed by atoms with Crippen molar-refractivity contribution in [3.05, 3.63) is 88.9 Å². The van der Waals surface area contributed by atoms with E-state index in [1.54, 1.807) is 11.3 Å². The minimum Gasteiger partial charge on any atom is -0.347 e. The molecule has 4 aromatic rings. The zero-order valence-corrected chi connectivity index (χ0v) is 19.4. The minimum absolute atomic E-state index is 1.10. The summed E-state index contributed by atoms with van der Waals surface area (Å²) in [5, 5.41) is 1.48. The monoisotopic (exact) mass is 411 g/mol. The maximum absolute atomic E-state index is 3.99. The third kappa shape index (κ3) is 4.42. The molecule has 0 saturated carbocycles. The molecule has 0 atom stereocenters. The van der Waals surface area contributed by atoms with Gasteiger partial charge < -0.3 is 9.47 Å². The van der Waals surface area contributed by atoms with E-state index in [1.165, 1.54) is 51.7 Å². The van der Waals surface area contributed by atoms with Crippen LogP contribution in [0.1, 0.15) is 34.9 Å². The van der Waals surface area contributed by atoms with Gasteiger partial charge in [0.15, 0.2) is 0 Å². The van der Waals surface area contributed by atoms with Crippen LogP contribution in [0.4, 0.5) is 0 Å². The Morgan fingerprint density at radius 1 is 0.903 bits per heavy atom. The van der Waals surface area contributed by atoms with Gasteiger partial charge in [-0.15, -0.1) is 0 Å². The highest BCUT2D eigenvalue weighted by molar-refractivity contribution is 5.89. The Kier molecular flexibility index (Phi) is 6.24. The predicted molar refractivity (Wildman–Crippen MR) is 131 cm³/mol. The van der Waals surface area contributed by atoms with E-state index < -0.39 is 0 Å². The summed E-state index contributed by atoms with van der Waals surface area (Å²) < 4.78 is 2.44. The number of pyridine rings is 1. The quantitative estimate of drug-likeness (QED) is 0.398. The average molecular weight is 412 g/mol. The maximum Gasteiger partial charge on any atom is 0.0515 e. The summed E-state index contributed by atoms with van der Waals surface area (Å²) in [5.41, 5.74) is 11.2. The van der Waals surface area contributed by atoms with E-state index in [-0.39, 0.29) is 0 Å². The van der Waals surface area contributed by atoms with E-state index in [0.717, 1.165) is 13.0 Å². The molecule has 0 aliphatic carbocycles. The first kappa shape index (κ1) is 21.3. The van der Waals surface area contributed by atoms with E-state index in [9.17, 15) is 0 Å². The van der Waals surface area contributed by atoms with Crippen molar-refractivity contribution in [3.63, 3.8) is 0 Å². The third-order valence-corrected chi connectivity index (χ3v) is 6.32. The third-order valence-electron chi connectivity index (χ3n) is 6.32. The van der Waals surface area contributed by atoms with E-state index in [4.69, 9.17) is 0 Å². The van der Waals surface area contributed by atoms with Gasteiger partial charge in [-0.3, -0.25) is 4.98 Å². The minimum atomic E-state index is 1.10. The number of aromatic nitrogens is 2. The fourth-order valence-corrected chi connectivity index (χ4v) is 4.75. The second-order valence-corrected chi connectivity index (χ2v) is 8.75. The summed E-state index contributed by atoms with van der Waals surface area (Å²) in [6, 6.07) is 17.2. The highest BCUT2D eigenvalue weighted by atomic mass is 15.1. The molecule has 3 heteroatoms. The van der Waals surface area contributed by atoms with Gasteiger partial charge in [0, 0.05) is 50.0 Å². The van der Waals surface area contributed by atoms with Crippen LogP contribution >= 0.6 is 0 Å². The summed E-state index contributed by atoms with van der Waals surface area (Å²) in [7, 11) is 4.46. The van der Waals surface area contributed by atoms with Crippen molar-refractivity contribution in [2.75, 3.05) is 13.6 Å². The number of nitrogens with zero attached hydrogens (tertiary/aromatic N) is 3. The molecular weight excluding hydrogens is 378 g/mol. The standard InChI is InChI=1S/C16H22N2.C12H11N/c1-5-12-8-11(2)9-13-14-10-17(3)7-6-15(14)18(4)16(12)13;1-10-3-2-4-12(9-10)11-5-7-13-8-6-11/h8-9H,5-7,10H2,1-4H3;2-9H,1H3. The maximum atomic E-state index is 3.99. The molecule has 3 nitrogen and oxygen atoms in total. The SMILES string of the molecule is CCc1cc(C)cc2c3c(n(C)c12)CCN(C)C3.Cc1cccc(-c2ccncc2)c1. The second-order valence-electron chi connectivity index (χ2n) is 8.75. The summed E-state index contributed by atoms with van der Waals surface area (Å²) in [4.78, 5) is 6.42. The molecule has 0 unspecified atom stereocenters. The molecule has 5 rings (SSSR count). The second kappa shape index (κ2) is 9.07. The predicted octanol–water partition coefficient (Wildman–Crippen LogP) is 6.09. The first-order valence-electron chi connectivity index (χ1n) is 11.2. The van der Waals surface area contributed by atoms with Crippen LogP contribution in [0.5, 0.6) is 0 Å². The Morgan fingerprint density at radius 3 is 2.39 bits per heavy atom. The lowest BCUT2D eigenvalue weighted by molar-refractivity contribution is 0.310. The molecule has 0 spiro atoms. The first-order chi connectivity index (χ1) is 15.0. The van der Waals surface area contributed by atoms with Crippen LogP contribution in [0.3, 0.4) is 0 Å². The zero-order chi connectivity index (χ0) is 22.0. The Labute approximate surface area is 186 Å². The van der Waals surface area contributed by atoms with Crippen molar-refractivity contribution in [2.45, 2.75) is 40.2 Å². The molecule has 0 N–H and O–H groups in total. The van der Waals surface area contributed by atoms with Crippen LogP contribution in [0.25, 0.3) is 22.0 Å². The van der Waals surface area contributed by atoms with Gasteiger partial charge in [0.25, 0.3) is 0 Å². The molecule has 0 bridgehead atoms. The Hall–Kier alpha value is -2.91. The van der Waals surface area contributed by atoms with Crippen molar-refractivity contribution < 1.29 is 0 Å². The Bertz CT molecular complexity index is 1190. The lowest BCUT2D eigenvalue weighted by Crippen LogP contribution is -2.26. The zero-order valence-electron chi connectivity index (χ0n) is 19.4. The van der Waals surface area contributed by atoms with Gasteiger partial charge >= 0.3 is 0 Å². The van der Waals surface area contributed by atoms with Crippen LogP contribution in [-0.2, 0) is 26.4 Å². The topological polar surface area (TPSA) is 21.1 Å². The van der Waals surface area contributed by atoms with Gasteiger partial charge in [0.1, 0.15) is 0 Å². The van der Waals surface area contributed by atoms with Crippen LogP contribution < -0.4 is 0 Å². The fourth-order valence-electron chi connectivity index (χ4n) is 4.75. The van der Waals surface area contributed by atoms with Crippen molar-refractivity contribution in [2.24, 2.45) is 7.05 Å². The molecule has 1 aliphatic rings. The molecule has 0 fully saturated rings. The number of rotatable bonds is 2. The van der Waals surface area contributed by atoms with Gasteiger partial charge in [-0.25, -0.2) is 0 Å². The van der Waals surface area contributed by atoms with E-state index >= 15 is 0 Å². The smallest absolute Gasteiger partial charge is 0.0515 e. The highest BCUT2D eigenvalue weighted by Crippen LogP contribution is 2.32. The van der Waals surface area contributed by atoms with Crippen molar-refractivity contribution in [3.8, 4) is 11.1 Å². The molecule has 31 heavy (non-hydrogen) atoms. The molecule has 0 amide bonds. The molecular formula is C28H33N3. The van der Waals surface area contributed by atoms with Crippen LogP contribution in [0, 0.1) is 13.8 Å². The Balaban J connectivity index is 0.000000158. The van der Waals surface area contributed by atoms with Crippen molar-refractivity contribution in [1.29, 1.82) is 0 Å². The van der Waals surface area contributed by atoms with Crippen LogP contribution in [-0.4, -0.2) is 28.0 Å².